The first-order valence-electron chi connectivity index (χ1n) is 7.25. The number of carbonyl (C=O) groups is 1. The molecule has 1 saturated heterocycles. The Morgan fingerprint density at radius 1 is 1.39 bits per heavy atom. The molecule has 1 amide bonds. The molecular formula is C14H26N2O2. The van der Waals surface area contributed by atoms with Crippen LogP contribution in [0.25, 0.3) is 0 Å². The van der Waals surface area contributed by atoms with Crippen LogP contribution in [0.5, 0.6) is 0 Å². The number of amides is 1. The van der Waals surface area contributed by atoms with Gasteiger partial charge in [-0.2, -0.15) is 0 Å². The average Bonchev–Trinajstić information content (AvgIpc) is 2.29. The van der Waals surface area contributed by atoms with Crippen molar-refractivity contribution >= 4 is 5.91 Å². The van der Waals surface area contributed by atoms with Crippen molar-refractivity contribution in [1.82, 2.24) is 9.80 Å². The van der Waals surface area contributed by atoms with E-state index in [9.17, 15) is 4.79 Å². The van der Waals surface area contributed by atoms with E-state index in [2.05, 4.69) is 18.9 Å². The third-order valence-electron chi connectivity index (χ3n) is 4.70. The molecular weight excluding hydrogens is 228 g/mol. The fraction of sp³-hybridized carbons (Fsp3) is 0.929. The molecule has 4 nitrogen and oxygen atoms in total. The summed E-state index contributed by atoms with van der Waals surface area (Å²) in [5.74, 6) is 0.456. The lowest BCUT2D eigenvalue weighted by Crippen LogP contribution is -2.51. The van der Waals surface area contributed by atoms with Crippen molar-refractivity contribution in [1.29, 1.82) is 0 Å². The second-order valence-electron chi connectivity index (χ2n) is 5.89. The van der Waals surface area contributed by atoms with E-state index in [1.165, 1.54) is 6.42 Å². The Morgan fingerprint density at radius 3 is 2.61 bits per heavy atom. The lowest BCUT2D eigenvalue weighted by atomic mass is 9.87. The van der Waals surface area contributed by atoms with E-state index in [4.69, 9.17) is 5.11 Å². The number of hydrogen-bond donors (Lipinski definition) is 1. The van der Waals surface area contributed by atoms with Gasteiger partial charge in [-0.1, -0.05) is 0 Å². The third kappa shape index (κ3) is 2.86. The van der Waals surface area contributed by atoms with E-state index in [1.807, 2.05) is 4.90 Å². The topological polar surface area (TPSA) is 43.8 Å². The molecule has 0 aromatic rings. The Hall–Kier alpha value is -0.610. The van der Waals surface area contributed by atoms with E-state index >= 15 is 0 Å². The van der Waals surface area contributed by atoms with Gasteiger partial charge in [-0.15, -0.1) is 0 Å². The number of hydrogen-bond acceptors (Lipinski definition) is 3. The Morgan fingerprint density at radius 2 is 2.11 bits per heavy atom. The number of carbonyl (C=O) groups excluding carboxylic acids is 1. The Bertz CT molecular complexity index is 292. The van der Waals surface area contributed by atoms with Gasteiger partial charge in [0.15, 0.2) is 0 Å². The molecule has 0 aromatic carbocycles. The highest BCUT2D eigenvalue weighted by atomic mass is 16.3. The highest BCUT2D eigenvalue weighted by Gasteiger charge is 2.35. The zero-order valence-corrected chi connectivity index (χ0v) is 11.6. The maximum atomic E-state index is 12.6. The fourth-order valence-corrected chi connectivity index (χ4v) is 3.03. The van der Waals surface area contributed by atoms with Crippen molar-refractivity contribution in [3.05, 3.63) is 0 Å². The van der Waals surface area contributed by atoms with E-state index < -0.39 is 0 Å². The quantitative estimate of drug-likeness (QED) is 0.817. The van der Waals surface area contributed by atoms with Gasteiger partial charge in [0.2, 0.25) is 5.91 Å². The van der Waals surface area contributed by atoms with Gasteiger partial charge in [0, 0.05) is 24.5 Å². The van der Waals surface area contributed by atoms with Crippen LogP contribution in [0.3, 0.4) is 0 Å². The molecule has 104 valence electrons. The highest BCUT2D eigenvalue weighted by molar-refractivity contribution is 5.79. The molecule has 2 fully saturated rings. The Balaban J connectivity index is 1.95. The standard InChI is InChI=1S/C14H26N2O2/c1-11-10-12(6-7-15(11)2)14(18)16(8-9-17)13-4-3-5-13/h11-13,17H,3-10H2,1-2H3/t11-,12-/m0/s1. The summed E-state index contributed by atoms with van der Waals surface area (Å²) in [7, 11) is 2.13. The summed E-state index contributed by atoms with van der Waals surface area (Å²) in [6.07, 6.45) is 5.39. The van der Waals surface area contributed by atoms with Crippen LogP contribution in [0.15, 0.2) is 0 Å². The largest absolute Gasteiger partial charge is 0.395 e. The molecule has 1 N–H and O–H groups in total. The monoisotopic (exact) mass is 254 g/mol. The lowest BCUT2D eigenvalue weighted by Gasteiger charge is -2.42. The van der Waals surface area contributed by atoms with Crippen LogP contribution in [-0.2, 0) is 4.79 Å². The first kappa shape index (κ1) is 13.8. The molecule has 1 heterocycles. The minimum Gasteiger partial charge on any atom is -0.395 e. The molecule has 1 saturated carbocycles. The number of rotatable bonds is 4. The number of aliphatic hydroxyl groups excluding tert-OH is 1. The maximum Gasteiger partial charge on any atom is 0.226 e. The lowest BCUT2D eigenvalue weighted by molar-refractivity contribution is -0.142. The van der Waals surface area contributed by atoms with Crippen LogP contribution in [0.1, 0.15) is 39.0 Å². The molecule has 2 rings (SSSR count). The molecule has 4 heteroatoms. The van der Waals surface area contributed by atoms with E-state index in [0.29, 0.717) is 18.6 Å². The summed E-state index contributed by atoms with van der Waals surface area (Å²) in [6.45, 7) is 3.81. The number of aliphatic hydroxyl groups is 1. The van der Waals surface area contributed by atoms with E-state index in [0.717, 1.165) is 32.2 Å². The maximum absolute atomic E-state index is 12.6. The molecule has 2 atom stereocenters. The van der Waals surface area contributed by atoms with Crippen LogP contribution >= 0.6 is 0 Å². The van der Waals surface area contributed by atoms with Crippen molar-refractivity contribution in [3.63, 3.8) is 0 Å². The van der Waals surface area contributed by atoms with Gasteiger partial charge >= 0.3 is 0 Å². The molecule has 1 aliphatic heterocycles. The second-order valence-corrected chi connectivity index (χ2v) is 5.89. The van der Waals surface area contributed by atoms with Gasteiger partial charge in [-0.3, -0.25) is 4.79 Å². The first-order chi connectivity index (χ1) is 8.63. The zero-order valence-electron chi connectivity index (χ0n) is 11.6. The number of piperidine rings is 1. The average molecular weight is 254 g/mol. The summed E-state index contributed by atoms with van der Waals surface area (Å²) in [4.78, 5) is 16.8. The van der Waals surface area contributed by atoms with Gasteiger partial charge in [0.1, 0.15) is 0 Å². The second kappa shape index (κ2) is 6.02. The summed E-state index contributed by atoms with van der Waals surface area (Å²) < 4.78 is 0. The Kier molecular flexibility index (Phi) is 4.62. The van der Waals surface area contributed by atoms with Crippen molar-refractivity contribution in [2.24, 2.45) is 5.92 Å². The first-order valence-corrected chi connectivity index (χ1v) is 7.25. The third-order valence-corrected chi connectivity index (χ3v) is 4.70. The zero-order chi connectivity index (χ0) is 13.1. The molecule has 0 spiro atoms. The minimum atomic E-state index is 0.0877. The van der Waals surface area contributed by atoms with Crippen LogP contribution in [0.2, 0.25) is 0 Å². The number of likely N-dealkylation sites (tertiary alicyclic amines) is 1. The molecule has 0 aromatic heterocycles. The molecule has 0 radical (unpaired) electrons. The molecule has 1 aliphatic carbocycles. The molecule has 0 unspecified atom stereocenters. The van der Waals surface area contributed by atoms with Gasteiger partial charge in [0.25, 0.3) is 0 Å². The van der Waals surface area contributed by atoms with E-state index in [-0.39, 0.29) is 18.4 Å². The van der Waals surface area contributed by atoms with Crippen LogP contribution in [0.4, 0.5) is 0 Å². The van der Waals surface area contributed by atoms with Crippen LogP contribution in [-0.4, -0.2) is 59.6 Å². The van der Waals surface area contributed by atoms with Gasteiger partial charge in [-0.25, -0.2) is 0 Å². The highest BCUT2D eigenvalue weighted by Crippen LogP contribution is 2.29. The normalized spacial score (nSPS) is 29.9. The smallest absolute Gasteiger partial charge is 0.226 e. The van der Waals surface area contributed by atoms with Crippen LogP contribution < -0.4 is 0 Å². The van der Waals surface area contributed by atoms with Crippen molar-refractivity contribution in [2.45, 2.75) is 51.1 Å². The molecule has 18 heavy (non-hydrogen) atoms. The van der Waals surface area contributed by atoms with Gasteiger partial charge in [-0.05, 0) is 52.6 Å². The summed E-state index contributed by atoms with van der Waals surface area (Å²) in [6, 6.07) is 0.893. The SMILES string of the molecule is C[C@H]1C[C@@H](C(=O)N(CCO)C2CCC2)CCN1C. The van der Waals surface area contributed by atoms with Gasteiger partial charge in [0.05, 0.1) is 6.61 Å². The minimum absolute atomic E-state index is 0.0877. The van der Waals surface area contributed by atoms with Crippen LogP contribution in [0, 0.1) is 5.92 Å². The van der Waals surface area contributed by atoms with Gasteiger partial charge < -0.3 is 14.9 Å². The summed E-state index contributed by atoms with van der Waals surface area (Å²) >= 11 is 0. The van der Waals surface area contributed by atoms with Crippen molar-refractivity contribution < 1.29 is 9.90 Å². The van der Waals surface area contributed by atoms with Crippen molar-refractivity contribution in [3.8, 4) is 0 Å². The fourth-order valence-electron chi connectivity index (χ4n) is 3.03. The van der Waals surface area contributed by atoms with Crippen molar-refractivity contribution in [2.75, 3.05) is 26.7 Å². The Labute approximate surface area is 110 Å². The molecule has 2 aliphatic rings. The number of nitrogens with zero attached hydrogens (tertiary/aromatic N) is 2. The summed E-state index contributed by atoms with van der Waals surface area (Å²) in [5, 5.41) is 9.14. The predicted molar refractivity (Wildman–Crippen MR) is 71.3 cm³/mol. The van der Waals surface area contributed by atoms with E-state index in [1.54, 1.807) is 0 Å². The predicted octanol–water partition coefficient (Wildman–Crippen LogP) is 1.09. The molecule has 0 bridgehead atoms. The summed E-state index contributed by atoms with van der Waals surface area (Å²) in [5.41, 5.74) is 0.